The average molecular weight is 241 g/mol. The molecule has 0 aliphatic carbocycles. The Morgan fingerprint density at radius 1 is 1.39 bits per heavy atom. The van der Waals surface area contributed by atoms with Gasteiger partial charge in [-0.3, -0.25) is 14.6 Å². The number of hydrogen-bond donors (Lipinski definition) is 2. The standard InChI is InChI=1S/C12H11N5O/c1-17-10-3-2-7(4-8(10)5-15-17)9-6-14-16-11(9)12(13)18/h2-6H,1H3,(H2,13,18)(H,14,16). The van der Waals surface area contributed by atoms with Crippen LogP contribution in [0.4, 0.5) is 0 Å². The summed E-state index contributed by atoms with van der Waals surface area (Å²) in [5.41, 5.74) is 8.22. The van der Waals surface area contributed by atoms with E-state index in [4.69, 9.17) is 5.73 Å². The fourth-order valence-corrected chi connectivity index (χ4v) is 2.02. The maximum Gasteiger partial charge on any atom is 0.267 e. The molecular formula is C12H11N5O. The van der Waals surface area contributed by atoms with Gasteiger partial charge < -0.3 is 5.73 Å². The van der Waals surface area contributed by atoms with Gasteiger partial charge in [0.1, 0.15) is 5.69 Å². The van der Waals surface area contributed by atoms with Gasteiger partial charge in [-0.2, -0.15) is 10.2 Å². The summed E-state index contributed by atoms with van der Waals surface area (Å²) >= 11 is 0. The van der Waals surface area contributed by atoms with E-state index in [-0.39, 0.29) is 0 Å². The number of primary amides is 1. The number of nitrogens with zero attached hydrogens (tertiary/aromatic N) is 3. The number of aromatic nitrogens is 4. The van der Waals surface area contributed by atoms with Crippen molar-refractivity contribution < 1.29 is 4.79 Å². The summed E-state index contributed by atoms with van der Waals surface area (Å²) in [7, 11) is 1.88. The van der Waals surface area contributed by atoms with Crippen molar-refractivity contribution in [2.24, 2.45) is 12.8 Å². The molecule has 0 aliphatic rings. The van der Waals surface area contributed by atoms with Gasteiger partial charge in [-0.25, -0.2) is 0 Å². The third-order valence-electron chi connectivity index (χ3n) is 2.94. The second kappa shape index (κ2) is 3.69. The number of nitrogens with two attached hydrogens (primary N) is 1. The number of aromatic amines is 1. The van der Waals surface area contributed by atoms with Gasteiger partial charge >= 0.3 is 0 Å². The lowest BCUT2D eigenvalue weighted by molar-refractivity contribution is 0.0996. The summed E-state index contributed by atoms with van der Waals surface area (Å²) in [4.78, 5) is 11.3. The van der Waals surface area contributed by atoms with Crippen LogP contribution in [0.3, 0.4) is 0 Å². The van der Waals surface area contributed by atoms with Crippen LogP contribution >= 0.6 is 0 Å². The summed E-state index contributed by atoms with van der Waals surface area (Å²) in [6, 6.07) is 5.83. The highest BCUT2D eigenvalue weighted by Crippen LogP contribution is 2.25. The monoisotopic (exact) mass is 241 g/mol. The Morgan fingerprint density at radius 2 is 2.22 bits per heavy atom. The van der Waals surface area contributed by atoms with E-state index in [1.165, 1.54) is 0 Å². The van der Waals surface area contributed by atoms with Crippen LogP contribution in [0, 0.1) is 0 Å². The lowest BCUT2D eigenvalue weighted by Gasteiger charge is -2.01. The molecule has 90 valence electrons. The Hall–Kier alpha value is -2.63. The quantitative estimate of drug-likeness (QED) is 0.703. The molecule has 18 heavy (non-hydrogen) atoms. The fraction of sp³-hybridized carbons (Fsp3) is 0.0833. The molecule has 3 N–H and O–H groups in total. The predicted molar refractivity (Wildman–Crippen MR) is 66.8 cm³/mol. The molecule has 0 fully saturated rings. The minimum Gasteiger partial charge on any atom is -0.364 e. The van der Waals surface area contributed by atoms with Crippen LogP contribution in [0.5, 0.6) is 0 Å². The van der Waals surface area contributed by atoms with E-state index >= 15 is 0 Å². The Morgan fingerprint density at radius 3 is 3.00 bits per heavy atom. The van der Waals surface area contributed by atoms with Crippen LogP contribution in [-0.2, 0) is 7.05 Å². The Balaban J connectivity index is 2.19. The zero-order valence-electron chi connectivity index (χ0n) is 9.71. The first kappa shape index (κ1) is 10.5. The predicted octanol–water partition coefficient (Wildman–Crippen LogP) is 1.06. The molecule has 0 unspecified atom stereocenters. The third kappa shape index (κ3) is 1.46. The molecule has 1 aromatic carbocycles. The molecule has 6 nitrogen and oxygen atoms in total. The third-order valence-corrected chi connectivity index (χ3v) is 2.94. The molecule has 0 aliphatic heterocycles. The van der Waals surface area contributed by atoms with E-state index < -0.39 is 5.91 Å². The van der Waals surface area contributed by atoms with Crippen molar-refractivity contribution in [2.45, 2.75) is 0 Å². The van der Waals surface area contributed by atoms with Crippen molar-refractivity contribution in [3.05, 3.63) is 36.3 Å². The van der Waals surface area contributed by atoms with Crippen LogP contribution in [0.1, 0.15) is 10.5 Å². The minimum atomic E-state index is -0.520. The number of amides is 1. The molecule has 0 radical (unpaired) electrons. The number of carbonyl (C=O) groups is 1. The molecule has 0 bridgehead atoms. The summed E-state index contributed by atoms with van der Waals surface area (Å²) in [5, 5.41) is 11.7. The highest BCUT2D eigenvalue weighted by Gasteiger charge is 2.13. The highest BCUT2D eigenvalue weighted by atomic mass is 16.1. The maximum atomic E-state index is 11.3. The lowest BCUT2D eigenvalue weighted by atomic mass is 10.0. The van der Waals surface area contributed by atoms with Gasteiger partial charge in [0.25, 0.3) is 5.91 Å². The number of H-pyrrole nitrogens is 1. The van der Waals surface area contributed by atoms with Gasteiger partial charge in [0.2, 0.25) is 0 Å². The van der Waals surface area contributed by atoms with E-state index in [0.717, 1.165) is 16.5 Å². The number of carbonyl (C=O) groups excluding carboxylic acids is 1. The Labute approximate surface area is 102 Å². The highest BCUT2D eigenvalue weighted by molar-refractivity contribution is 5.98. The van der Waals surface area contributed by atoms with Crippen molar-refractivity contribution in [3.63, 3.8) is 0 Å². The Bertz CT molecular complexity index is 740. The summed E-state index contributed by atoms with van der Waals surface area (Å²) in [5.74, 6) is -0.520. The maximum absolute atomic E-state index is 11.3. The molecule has 2 heterocycles. The first-order valence-electron chi connectivity index (χ1n) is 5.42. The molecule has 0 saturated heterocycles. The zero-order valence-corrected chi connectivity index (χ0v) is 9.71. The van der Waals surface area contributed by atoms with Crippen LogP contribution in [0.15, 0.2) is 30.6 Å². The van der Waals surface area contributed by atoms with Crippen molar-refractivity contribution in [3.8, 4) is 11.1 Å². The molecule has 6 heteroatoms. The van der Waals surface area contributed by atoms with Gasteiger partial charge in [-0.1, -0.05) is 6.07 Å². The van der Waals surface area contributed by atoms with Crippen LogP contribution in [-0.4, -0.2) is 25.9 Å². The SMILES string of the molecule is Cn1ncc2cc(-c3cn[nH]c3C(N)=O)ccc21. The summed E-state index contributed by atoms with van der Waals surface area (Å²) < 4.78 is 1.80. The zero-order chi connectivity index (χ0) is 12.7. The molecule has 2 aromatic heterocycles. The summed E-state index contributed by atoms with van der Waals surface area (Å²) in [6.07, 6.45) is 3.38. The van der Waals surface area contributed by atoms with Crippen molar-refractivity contribution in [1.29, 1.82) is 0 Å². The van der Waals surface area contributed by atoms with Crippen LogP contribution in [0.25, 0.3) is 22.0 Å². The number of fused-ring (bicyclic) bond motifs is 1. The number of hydrogen-bond acceptors (Lipinski definition) is 3. The van der Waals surface area contributed by atoms with E-state index in [9.17, 15) is 4.79 Å². The Kier molecular flexibility index (Phi) is 2.16. The van der Waals surface area contributed by atoms with Gasteiger partial charge in [0.05, 0.1) is 17.9 Å². The number of aryl methyl sites for hydroxylation is 1. The topological polar surface area (TPSA) is 89.6 Å². The largest absolute Gasteiger partial charge is 0.364 e. The molecule has 0 saturated carbocycles. The molecule has 0 atom stereocenters. The van der Waals surface area contributed by atoms with E-state index in [0.29, 0.717) is 11.3 Å². The van der Waals surface area contributed by atoms with E-state index in [1.807, 2.05) is 25.2 Å². The lowest BCUT2D eigenvalue weighted by Crippen LogP contribution is -2.12. The van der Waals surface area contributed by atoms with Gasteiger partial charge in [0, 0.05) is 18.0 Å². The average Bonchev–Trinajstić information content (AvgIpc) is 2.96. The molecule has 3 aromatic rings. The second-order valence-electron chi connectivity index (χ2n) is 4.06. The molecule has 1 amide bonds. The second-order valence-corrected chi connectivity index (χ2v) is 4.06. The van der Waals surface area contributed by atoms with E-state index in [2.05, 4.69) is 15.3 Å². The first-order chi connectivity index (χ1) is 8.66. The van der Waals surface area contributed by atoms with Crippen LogP contribution in [0.2, 0.25) is 0 Å². The number of benzene rings is 1. The van der Waals surface area contributed by atoms with Crippen molar-refractivity contribution in [2.75, 3.05) is 0 Å². The molecular weight excluding hydrogens is 230 g/mol. The summed E-state index contributed by atoms with van der Waals surface area (Å²) in [6.45, 7) is 0. The first-order valence-corrected chi connectivity index (χ1v) is 5.42. The normalized spacial score (nSPS) is 10.9. The molecule has 3 rings (SSSR count). The smallest absolute Gasteiger partial charge is 0.267 e. The van der Waals surface area contributed by atoms with Crippen molar-refractivity contribution >= 4 is 16.8 Å². The minimum absolute atomic E-state index is 0.318. The van der Waals surface area contributed by atoms with E-state index in [1.54, 1.807) is 17.1 Å². The van der Waals surface area contributed by atoms with Gasteiger partial charge in [-0.15, -0.1) is 0 Å². The number of rotatable bonds is 2. The number of nitrogens with one attached hydrogen (secondary N) is 1. The van der Waals surface area contributed by atoms with Gasteiger partial charge in [0.15, 0.2) is 0 Å². The van der Waals surface area contributed by atoms with Gasteiger partial charge in [-0.05, 0) is 17.7 Å². The fourth-order valence-electron chi connectivity index (χ4n) is 2.02. The van der Waals surface area contributed by atoms with Crippen molar-refractivity contribution in [1.82, 2.24) is 20.0 Å². The van der Waals surface area contributed by atoms with Crippen LogP contribution < -0.4 is 5.73 Å². The molecule has 0 spiro atoms.